The molecule has 0 spiro atoms. The second kappa shape index (κ2) is 9.20. The van der Waals surface area contributed by atoms with E-state index in [2.05, 4.69) is 10.1 Å². The first kappa shape index (κ1) is 18.2. The molecule has 1 aromatic carbocycles. The highest BCUT2D eigenvalue weighted by molar-refractivity contribution is 5.91. The number of hydrogen-bond donors (Lipinski definition) is 1. The van der Waals surface area contributed by atoms with E-state index in [1.54, 1.807) is 0 Å². The summed E-state index contributed by atoms with van der Waals surface area (Å²) in [5, 5.41) is 2.88. The van der Waals surface area contributed by atoms with Gasteiger partial charge in [0.25, 0.3) is 5.91 Å². The minimum atomic E-state index is -2.92. The van der Waals surface area contributed by atoms with Gasteiger partial charge >= 0.3 is 12.6 Å². The van der Waals surface area contributed by atoms with E-state index in [4.69, 9.17) is 4.74 Å². The Labute approximate surface area is 139 Å². The third-order valence-electron chi connectivity index (χ3n) is 3.87. The lowest BCUT2D eigenvalue weighted by molar-refractivity contribution is -0.125. The molecule has 0 radical (unpaired) electrons. The summed E-state index contributed by atoms with van der Waals surface area (Å²) in [5.41, 5.74) is 0.166. The van der Waals surface area contributed by atoms with Crippen LogP contribution >= 0.6 is 0 Å². The molecule has 1 N–H and O–H groups in total. The Balaban J connectivity index is 1.76. The summed E-state index contributed by atoms with van der Waals surface area (Å²) in [7, 11) is 0. The van der Waals surface area contributed by atoms with Gasteiger partial charge in [-0.1, -0.05) is 25.7 Å². The number of rotatable bonds is 6. The van der Waals surface area contributed by atoms with Crippen LogP contribution in [0.15, 0.2) is 24.3 Å². The van der Waals surface area contributed by atoms with Crippen LogP contribution in [0.4, 0.5) is 8.78 Å². The molecular weight excluding hydrogens is 320 g/mol. The Morgan fingerprint density at radius 2 is 1.71 bits per heavy atom. The van der Waals surface area contributed by atoms with Crippen molar-refractivity contribution in [2.45, 2.75) is 51.2 Å². The Morgan fingerprint density at radius 3 is 2.29 bits per heavy atom. The Hall–Kier alpha value is -2.18. The van der Waals surface area contributed by atoms with Gasteiger partial charge in [-0.25, -0.2) is 4.79 Å². The summed E-state index contributed by atoms with van der Waals surface area (Å²) < 4.78 is 33.2. The Bertz CT molecular complexity index is 540. The lowest BCUT2D eigenvalue weighted by Gasteiger charge is -2.16. The van der Waals surface area contributed by atoms with Crippen molar-refractivity contribution in [1.29, 1.82) is 0 Å². The molecule has 0 aliphatic heterocycles. The van der Waals surface area contributed by atoms with Crippen LogP contribution < -0.4 is 10.1 Å². The Kier molecular flexibility index (Phi) is 6.96. The molecule has 1 saturated carbocycles. The zero-order valence-corrected chi connectivity index (χ0v) is 13.3. The fraction of sp³-hybridized carbons (Fsp3) is 0.529. The van der Waals surface area contributed by atoms with Crippen molar-refractivity contribution in [3.8, 4) is 5.75 Å². The first-order valence-electron chi connectivity index (χ1n) is 8.06. The van der Waals surface area contributed by atoms with Crippen LogP contribution in [0.25, 0.3) is 0 Å². The molecule has 0 heterocycles. The van der Waals surface area contributed by atoms with Crippen molar-refractivity contribution >= 4 is 11.9 Å². The number of ether oxygens (including phenoxy) is 2. The van der Waals surface area contributed by atoms with Crippen molar-refractivity contribution in [2.75, 3.05) is 6.61 Å². The molecule has 1 aliphatic rings. The lowest BCUT2D eigenvalue weighted by Crippen LogP contribution is -2.37. The van der Waals surface area contributed by atoms with Gasteiger partial charge in [-0.15, -0.1) is 0 Å². The molecule has 24 heavy (non-hydrogen) atoms. The van der Waals surface area contributed by atoms with E-state index in [-0.39, 0.29) is 29.9 Å². The van der Waals surface area contributed by atoms with E-state index in [0.717, 1.165) is 25.7 Å². The number of halogens is 2. The fourth-order valence-corrected chi connectivity index (χ4v) is 2.68. The number of nitrogens with one attached hydrogen (secondary N) is 1. The maximum absolute atomic E-state index is 12.0. The van der Waals surface area contributed by atoms with Crippen LogP contribution in [0.3, 0.4) is 0 Å². The van der Waals surface area contributed by atoms with E-state index >= 15 is 0 Å². The van der Waals surface area contributed by atoms with Crippen LogP contribution in [0.1, 0.15) is 48.9 Å². The molecule has 1 aliphatic carbocycles. The number of hydrogen-bond acceptors (Lipinski definition) is 4. The van der Waals surface area contributed by atoms with Crippen molar-refractivity contribution in [1.82, 2.24) is 5.32 Å². The van der Waals surface area contributed by atoms with Crippen molar-refractivity contribution in [2.24, 2.45) is 0 Å². The van der Waals surface area contributed by atoms with Crippen LogP contribution in [-0.2, 0) is 9.53 Å². The molecule has 0 bridgehead atoms. The highest BCUT2D eigenvalue weighted by atomic mass is 19.3. The van der Waals surface area contributed by atoms with Gasteiger partial charge in [0, 0.05) is 6.04 Å². The summed E-state index contributed by atoms with van der Waals surface area (Å²) in [4.78, 5) is 23.7. The maximum Gasteiger partial charge on any atom is 0.387 e. The number of carbonyl (C=O) groups excluding carboxylic acids is 2. The summed E-state index contributed by atoms with van der Waals surface area (Å²) in [5.74, 6) is -1.06. The van der Waals surface area contributed by atoms with Gasteiger partial charge in [-0.2, -0.15) is 8.78 Å². The number of amides is 1. The molecule has 7 heteroatoms. The van der Waals surface area contributed by atoms with Crippen LogP contribution in [0, 0.1) is 0 Å². The second-order valence-corrected chi connectivity index (χ2v) is 5.74. The van der Waals surface area contributed by atoms with Crippen LogP contribution in [0.5, 0.6) is 5.75 Å². The average Bonchev–Trinajstić information content (AvgIpc) is 2.81. The molecule has 0 saturated heterocycles. The highest BCUT2D eigenvalue weighted by Crippen LogP contribution is 2.17. The van der Waals surface area contributed by atoms with E-state index in [9.17, 15) is 18.4 Å². The molecule has 132 valence electrons. The summed E-state index contributed by atoms with van der Waals surface area (Å²) in [6, 6.07) is 5.25. The second-order valence-electron chi connectivity index (χ2n) is 5.74. The predicted molar refractivity (Wildman–Crippen MR) is 83.0 cm³/mol. The van der Waals surface area contributed by atoms with Gasteiger partial charge in [-0.05, 0) is 37.1 Å². The van der Waals surface area contributed by atoms with E-state index in [1.807, 2.05) is 0 Å². The van der Waals surface area contributed by atoms with Crippen molar-refractivity contribution < 1.29 is 27.8 Å². The molecular formula is C17H21F2NO4. The highest BCUT2D eigenvalue weighted by Gasteiger charge is 2.16. The van der Waals surface area contributed by atoms with Crippen molar-refractivity contribution in [3.63, 3.8) is 0 Å². The largest absolute Gasteiger partial charge is 0.452 e. The SMILES string of the molecule is O=C(COC(=O)c1ccc(OC(F)F)cc1)NC1CCCCCC1. The zero-order chi connectivity index (χ0) is 17.4. The summed E-state index contributed by atoms with van der Waals surface area (Å²) >= 11 is 0. The smallest absolute Gasteiger partial charge is 0.387 e. The molecule has 0 atom stereocenters. The van der Waals surface area contributed by atoms with Gasteiger partial charge in [0.15, 0.2) is 6.61 Å². The molecule has 2 rings (SSSR count). The third-order valence-corrected chi connectivity index (χ3v) is 3.87. The third kappa shape index (κ3) is 6.14. The first-order chi connectivity index (χ1) is 11.5. The van der Waals surface area contributed by atoms with Crippen LogP contribution in [-0.4, -0.2) is 31.1 Å². The molecule has 1 fully saturated rings. The van der Waals surface area contributed by atoms with E-state index < -0.39 is 12.6 Å². The standard InChI is InChI=1S/C17H21F2NO4/c18-17(19)24-14-9-7-12(8-10-14)16(22)23-11-15(21)20-13-5-3-1-2-4-6-13/h7-10,13,17H,1-6,11H2,(H,20,21). The normalized spacial score (nSPS) is 15.6. The first-order valence-corrected chi connectivity index (χ1v) is 8.06. The van der Waals surface area contributed by atoms with Gasteiger partial charge in [0.1, 0.15) is 5.75 Å². The molecule has 0 aromatic heterocycles. The Morgan fingerprint density at radius 1 is 1.08 bits per heavy atom. The molecule has 1 amide bonds. The van der Waals surface area contributed by atoms with Crippen LogP contribution in [0.2, 0.25) is 0 Å². The maximum atomic E-state index is 12.0. The predicted octanol–water partition coefficient (Wildman–Crippen LogP) is 3.28. The van der Waals surface area contributed by atoms with Gasteiger partial charge in [0.05, 0.1) is 5.56 Å². The topological polar surface area (TPSA) is 64.6 Å². The quantitative estimate of drug-likeness (QED) is 0.637. The van der Waals surface area contributed by atoms with Crippen molar-refractivity contribution in [3.05, 3.63) is 29.8 Å². The number of alkyl halides is 2. The number of esters is 1. The van der Waals surface area contributed by atoms with Gasteiger partial charge in [-0.3, -0.25) is 4.79 Å². The molecule has 0 unspecified atom stereocenters. The monoisotopic (exact) mass is 341 g/mol. The zero-order valence-electron chi connectivity index (χ0n) is 13.3. The number of carbonyl (C=O) groups is 2. The number of benzene rings is 1. The van der Waals surface area contributed by atoms with Gasteiger partial charge in [0.2, 0.25) is 0 Å². The lowest BCUT2D eigenvalue weighted by atomic mass is 10.1. The van der Waals surface area contributed by atoms with E-state index in [0.29, 0.717) is 0 Å². The molecule has 1 aromatic rings. The minimum Gasteiger partial charge on any atom is -0.452 e. The average molecular weight is 341 g/mol. The fourth-order valence-electron chi connectivity index (χ4n) is 2.68. The van der Waals surface area contributed by atoms with Gasteiger partial charge < -0.3 is 14.8 Å². The van der Waals surface area contributed by atoms with E-state index in [1.165, 1.54) is 37.1 Å². The minimum absolute atomic E-state index is 0.0485. The summed E-state index contributed by atoms with van der Waals surface area (Å²) in [6.07, 6.45) is 6.46. The summed E-state index contributed by atoms with van der Waals surface area (Å²) in [6.45, 7) is -3.28. The molecule has 5 nitrogen and oxygen atoms in total.